The molecule has 2 aromatic rings. The lowest BCUT2D eigenvalue weighted by atomic mass is 10.1. The number of carbonyl (C=O) groups excluding carboxylic acids is 1. The van der Waals surface area contributed by atoms with Gasteiger partial charge in [-0.3, -0.25) is 4.79 Å². The first kappa shape index (κ1) is 23.0. The topological polar surface area (TPSA) is 84.9 Å². The highest BCUT2D eigenvalue weighted by Crippen LogP contribution is 2.38. The number of carboxylic acids is 1. The molecule has 2 rings (SSSR count). The predicted molar refractivity (Wildman–Crippen MR) is 104 cm³/mol. The Hall–Kier alpha value is -2.27. The summed E-state index contributed by atoms with van der Waals surface area (Å²) in [6.07, 6.45) is -5.54. The van der Waals surface area contributed by atoms with E-state index in [1.807, 2.05) is 0 Å². The van der Waals surface area contributed by atoms with E-state index in [0.29, 0.717) is 31.8 Å². The maximum Gasteiger partial charge on any atom is 0.471 e. The van der Waals surface area contributed by atoms with Gasteiger partial charge in [-0.05, 0) is 73.8 Å². The Kier molecular flexibility index (Phi) is 7.53. The van der Waals surface area contributed by atoms with E-state index in [2.05, 4.69) is 31.9 Å². The number of ether oxygens (including phenoxy) is 2. The highest BCUT2D eigenvalue weighted by atomic mass is 79.9. The van der Waals surface area contributed by atoms with Gasteiger partial charge in [-0.25, -0.2) is 4.79 Å². The first-order chi connectivity index (χ1) is 13.5. The van der Waals surface area contributed by atoms with Crippen molar-refractivity contribution in [2.24, 2.45) is 0 Å². The van der Waals surface area contributed by atoms with E-state index in [9.17, 15) is 22.8 Å². The van der Waals surface area contributed by atoms with Crippen molar-refractivity contribution in [2.75, 3.05) is 7.11 Å². The van der Waals surface area contributed by atoms with Crippen molar-refractivity contribution >= 4 is 43.7 Å². The second-order valence-electron chi connectivity index (χ2n) is 5.73. The molecule has 156 valence electrons. The van der Waals surface area contributed by atoms with Gasteiger partial charge in [0.15, 0.2) is 5.75 Å². The second-order valence-corrected chi connectivity index (χ2v) is 7.44. The number of carbonyl (C=O) groups is 2. The fraction of sp³-hybridized carbons (Fsp3) is 0.222. The molecule has 0 saturated carbocycles. The van der Waals surface area contributed by atoms with Gasteiger partial charge in [0, 0.05) is 6.42 Å². The molecule has 0 fully saturated rings. The van der Waals surface area contributed by atoms with Gasteiger partial charge in [0.05, 0.1) is 16.1 Å². The van der Waals surface area contributed by atoms with Gasteiger partial charge in [0.1, 0.15) is 17.5 Å². The SMILES string of the molecule is COc1ccc(Oc2c(Br)cc(C[C@H](NC(=O)C(F)(F)F)C(=O)O)cc2Br)cc1. The lowest BCUT2D eigenvalue weighted by Crippen LogP contribution is -2.47. The minimum absolute atomic E-state index is 0.362. The molecule has 0 heterocycles. The summed E-state index contributed by atoms with van der Waals surface area (Å²) in [5, 5.41) is 10.6. The van der Waals surface area contributed by atoms with E-state index in [1.165, 1.54) is 24.6 Å². The van der Waals surface area contributed by atoms with Gasteiger partial charge < -0.3 is 19.9 Å². The average molecular weight is 541 g/mol. The quantitative estimate of drug-likeness (QED) is 0.532. The predicted octanol–water partition coefficient (Wildman–Crippen LogP) is 4.69. The fourth-order valence-corrected chi connectivity index (χ4v) is 3.71. The van der Waals surface area contributed by atoms with E-state index < -0.39 is 24.1 Å². The van der Waals surface area contributed by atoms with Crippen LogP contribution in [0.5, 0.6) is 17.2 Å². The van der Waals surface area contributed by atoms with Crippen molar-refractivity contribution in [2.45, 2.75) is 18.6 Å². The van der Waals surface area contributed by atoms with Crippen molar-refractivity contribution in [3.63, 3.8) is 0 Å². The number of methoxy groups -OCH3 is 1. The number of alkyl halides is 3. The molecule has 1 amide bonds. The Morgan fingerprint density at radius 1 is 1.10 bits per heavy atom. The Bertz CT molecular complexity index is 880. The van der Waals surface area contributed by atoms with Crippen molar-refractivity contribution in [1.29, 1.82) is 0 Å². The lowest BCUT2D eigenvalue weighted by molar-refractivity contribution is -0.175. The summed E-state index contributed by atoms with van der Waals surface area (Å²) in [5.74, 6) is -2.38. The third kappa shape index (κ3) is 6.36. The molecule has 0 aliphatic rings. The summed E-state index contributed by atoms with van der Waals surface area (Å²) in [6.45, 7) is 0. The van der Waals surface area contributed by atoms with Crippen LogP contribution in [-0.4, -0.2) is 36.3 Å². The fourth-order valence-electron chi connectivity index (χ4n) is 2.27. The molecule has 1 atom stereocenters. The molecule has 11 heteroatoms. The zero-order valence-corrected chi connectivity index (χ0v) is 17.9. The van der Waals surface area contributed by atoms with Gasteiger partial charge in [-0.15, -0.1) is 0 Å². The maximum absolute atomic E-state index is 12.4. The molecule has 0 unspecified atom stereocenters. The number of aliphatic carboxylic acids is 1. The summed E-state index contributed by atoms with van der Waals surface area (Å²) < 4.78 is 48.9. The van der Waals surface area contributed by atoms with Gasteiger partial charge in [0.2, 0.25) is 0 Å². The number of nitrogens with one attached hydrogen (secondary N) is 1. The highest BCUT2D eigenvalue weighted by molar-refractivity contribution is 9.11. The highest BCUT2D eigenvalue weighted by Gasteiger charge is 2.40. The molecule has 6 nitrogen and oxygen atoms in total. The summed E-state index contributed by atoms with van der Waals surface area (Å²) in [5.41, 5.74) is 0.362. The maximum atomic E-state index is 12.4. The van der Waals surface area contributed by atoms with Crippen molar-refractivity contribution in [1.82, 2.24) is 5.32 Å². The number of rotatable bonds is 7. The third-order valence-electron chi connectivity index (χ3n) is 3.64. The molecule has 2 aromatic carbocycles. The van der Waals surface area contributed by atoms with Crippen molar-refractivity contribution < 1.29 is 37.3 Å². The molecule has 0 aromatic heterocycles. The number of hydrogen-bond acceptors (Lipinski definition) is 4. The van der Waals surface area contributed by atoms with Crippen LogP contribution in [-0.2, 0) is 16.0 Å². The van der Waals surface area contributed by atoms with E-state index in [-0.39, 0.29) is 6.42 Å². The molecule has 2 N–H and O–H groups in total. The first-order valence-corrected chi connectivity index (χ1v) is 9.50. The van der Waals surface area contributed by atoms with E-state index in [0.717, 1.165) is 0 Å². The Labute approximate surface area is 180 Å². The van der Waals surface area contributed by atoms with E-state index >= 15 is 0 Å². The largest absolute Gasteiger partial charge is 0.497 e. The number of hydrogen-bond donors (Lipinski definition) is 2. The summed E-state index contributed by atoms with van der Waals surface area (Å²) in [4.78, 5) is 22.3. The van der Waals surface area contributed by atoms with Crippen LogP contribution in [0.3, 0.4) is 0 Å². The lowest BCUT2D eigenvalue weighted by Gasteiger charge is -2.17. The summed E-state index contributed by atoms with van der Waals surface area (Å²) in [7, 11) is 1.53. The van der Waals surface area contributed by atoms with Gasteiger partial charge in [-0.2, -0.15) is 13.2 Å². The Morgan fingerprint density at radius 3 is 2.07 bits per heavy atom. The van der Waals surface area contributed by atoms with Crippen LogP contribution in [0.1, 0.15) is 5.56 Å². The monoisotopic (exact) mass is 539 g/mol. The number of benzene rings is 2. The molecule has 0 radical (unpaired) electrons. The number of carboxylic acid groups (broad SMARTS) is 1. The zero-order chi connectivity index (χ0) is 21.8. The van der Waals surface area contributed by atoms with Crippen LogP contribution in [0.25, 0.3) is 0 Å². The standard InChI is InChI=1S/C18H14Br2F3NO5/c1-28-10-2-4-11(5-3-10)29-15-12(19)6-9(7-13(15)20)8-14(16(25)26)24-17(27)18(21,22)23/h2-7,14H,8H2,1H3,(H,24,27)(H,25,26)/t14-/m0/s1. The first-order valence-electron chi connectivity index (χ1n) is 7.91. The smallest absolute Gasteiger partial charge is 0.471 e. The molecule has 29 heavy (non-hydrogen) atoms. The second kappa shape index (κ2) is 9.49. The van der Waals surface area contributed by atoms with E-state index in [1.54, 1.807) is 24.3 Å². The van der Waals surface area contributed by atoms with Gasteiger partial charge in [-0.1, -0.05) is 0 Å². The minimum atomic E-state index is -5.18. The van der Waals surface area contributed by atoms with Crippen LogP contribution in [0.15, 0.2) is 45.3 Å². The third-order valence-corrected chi connectivity index (χ3v) is 4.82. The number of amides is 1. The van der Waals surface area contributed by atoms with Crippen LogP contribution < -0.4 is 14.8 Å². The number of halogens is 5. The molecule has 0 spiro atoms. The Morgan fingerprint density at radius 2 is 1.62 bits per heavy atom. The van der Waals surface area contributed by atoms with Crippen LogP contribution in [0, 0.1) is 0 Å². The summed E-state index contributed by atoms with van der Waals surface area (Å²) in [6, 6.07) is 8.01. The molecule has 0 bridgehead atoms. The zero-order valence-electron chi connectivity index (χ0n) is 14.7. The molecule has 0 saturated heterocycles. The molecule has 0 aliphatic heterocycles. The van der Waals surface area contributed by atoms with Crippen LogP contribution in [0.2, 0.25) is 0 Å². The molecule has 0 aliphatic carbocycles. The van der Waals surface area contributed by atoms with Crippen LogP contribution in [0.4, 0.5) is 13.2 Å². The van der Waals surface area contributed by atoms with Crippen molar-refractivity contribution in [3.8, 4) is 17.2 Å². The molecular formula is C18H14Br2F3NO5. The van der Waals surface area contributed by atoms with Crippen molar-refractivity contribution in [3.05, 3.63) is 50.9 Å². The van der Waals surface area contributed by atoms with E-state index in [4.69, 9.17) is 14.6 Å². The summed E-state index contributed by atoms with van der Waals surface area (Å²) >= 11 is 6.60. The van der Waals surface area contributed by atoms with Crippen LogP contribution >= 0.6 is 31.9 Å². The molecular weight excluding hydrogens is 527 g/mol. The van der Waals surface area contributed by atoms with Gasteiger partial charge >= 0.3 is 18.1 Å². The average Bonchev–Trinajstić information content (AvgIpc) is 2.63. The minimum Gasteiger partial charge on any atom is -0.497 e. The Balaban J connectivity index is 2.20. The van der Waals surface area contributed by atoms with Gasteiger partial charge in [0.25, 0.3) is 0 Å². The normalized spacial score (nSPS) is 12.2.